The van der Waals surface area contributed by atoms with E-state index in [4.69, 9.17) is 0 Å². The van der Waals surface area contributed by atoms with Gasteiger partial charge in [-0.25, -0.2) is 4.98 Å². The molecule has 0 fully saturated rings. The van der Waals surface area contributed by atoms with Crippen LogP contribution in [0.1, 0.15) is 28.4 Å². The van der Waals surface area contributed by atoms with Crippen LogP contribution in [0.2, 0.25) is 0 Å². The summed E-state index contributed by atoms with van der Waals surface area (Å²) in [7, 11) is 0. The summed E-state index contributed by atoms with van der Waals surface area (Å²) in [6.45, 7) is 0. The van der Waals surface area contributed by atoms with E-state index in [0.717, 1.165) is 16.8 Å². The number of fused-ring (bicyclic) bond motifs is 1. The van der Waals surface area contributed by atoms with Gasteiger partial charge in [-0.05, 0) is 23.8 Å². The molecule has 25 heavy (non-hydrogen) atoms. The number of benzene rings is 1. The normalized spacial score (nSPS) is 15.5. The third-order valence-corrected chi connectivity index (χ3v) is 4.74. The minimum Gasteiger partial charge on any atom is -0.345 e. The molecule has 0 spiro atoms. The number of carbonyl (C=O) groups is 2. The number of anilines is 1. The van der Waals surface area contributed by atoms with Crippen LogP contribution in [0, 0.1) is 0 Å². The molecule has 124 valence electrons. The van der Waals surface area contributed by atoms with Crippen molar-refractivity contribution in [2.45, 2.75) is 12.5 Å². The number of thiazole rings is 1. The van der Waals surface area contributed by atoms with Crippen molar-refractivity contribution in [2.24, 2.45) is 0 Å². The molecule has 2 aromatic heterocycles. The lowest BCUT2D eigenvalue weighted by atomic mass is 10.0. The highest BCUT2D eigenvalue weighted by Gasteiger charge is 2.29. The summed E-state index contributed by atoms with van der Waals surface area (Å²) in [6.07, 6.45) is 3.60. The first kappa shape index (κ1) is 15.5. The number of carbonyl (C=O) groups excluding carboxylic acids is 2. The maximum absolute atomic E-state index is 12.3. The monoisotopic (exact) mass is 350 g/mol. The van der Waals surface area contributed by atoms with Crippen molar-refractivity contribution >= 4 is 28.3 Å². The molecule has 1 aliphatic heterocycles. The van der Waals surface area contributed by atoms with E-state index in [9.17, 15) is 9.59 Å². The van der Waals surface area contributed by atoms with Crippen LogP contribution in [0.25, 0.3) is 11.3 Å². The van der Waals surface area contributed by atoms with Crippen LogP contribution in [0.5, 0.6) is 0 Å². The third kappa shape index (κ3) is 3.14. The van der Waals surface area contributed by atoms with E-state index in [1.165, 1.54) is 11.3 Å². The van der Waals surface area contributed by atoms with Crippen molar-refractivity contribution in [1.82, 2.24) is 15.3 Å². The molecule has 0 bridgehead atoms. The highest BCUT2D eigenvalue weighted by atomic mass is 32.1. The Morgan fingerprint density at radius 3 is 2.96 bits per heavy atom. The summed E-state index contributed by atoms with van der Waals surface area (Å²) < 4.78 is 0. The molecule has 2 amide bonds. The highest BCUT2D eigenvalue weighted by Crippen LogP contribution is 2.29. The van der Waals surface area contributed by atoms with E-state index in [1.807, 2.05) is 35.7 Å². The molecule has 0 saturated carbocycles. The van der Waals surface area contributed by atoms with Crippen molar-refractivity contribution in [3.63, 3.8) is 0 Å². The lowest BCUT2D eigenvalue weighted by Crippen LogP contribution is -2.24. The summed E-state index contributed by atoms with van der Waals surface area (Å²) in [5.41, 5.74) is 3.16. The molecular weight excluding hydrogens is 336 g/mol. The van der Waals surface area contributed by atoms with Gasteiger partial charge in [0.1, 0.15) is 0 Å². The fourth-order valence-electron chi connectivity index (χ4n) is 2.82. The maximum atomic E-state index is 12.3. The van der Waals surface area contributed by atoms with Crippen LogP contribution in [-0.2, 0) is 4.79 Å². The molecule has 3 heterocycles. The molecule has 7 heteroatoms. The molecule has 0 radical (unpaired) electrons. The first-order valence-electron chi connectivity index (χ1n) is 7.76. The lowest BCUT2D eigenvalue weighted by Gasteiger charge is -2.10. The largest absolute Gasteiger partial charge is 0.345 e. The molecule has 1 aromatic carbocycles. The predicted molar refractivity (Wildman–Crippen MR) is 95.2 cm³/mol. The standard InChI is InChI=1S/C18H14N4O2S/c23-16(8-14-12-5-1-2-6-13(12)17(24)20-14)22-18-21-15(10-25-18)11-4-3-7-19-9-11/h1-7,9-10,14H,8H2,(H,20,24)(H,21,22,23). The van der Waals surface area contributed by atoms with Gasteiger partial charge in [-0.2, -0.15) is 0 Å². The number of hydrogen-bond donors (Lipinski definition) is 2. The van der Waals surface area contributed by atoms with Crippen LogP contribution >= 0.6 is 11.3 Å². The minimum atomic E-state index is -0.304. The highest BCUT2D eigenvalue weighted by molar-refractivity contribution is 7.14. The fourth-order valence-corrected chi connectivity index (χ4v) is 3.55. The van der Waals surface area contributed by atoms with Gasteiger partial charge in [0.25, 0.3) is 5.91 Å². The Morgan fingerprint density at radius 2 is 2.12 bits per heavy atom. The zero-order valence-electron chi connectivity index (χ0n) is 13.1. The molecule has 6 nitrogen and oxygen atoms in total. The van der Waals surface area contributed by atoms with E-state index in [-0.39, 0.29) is 24.3 Å². The quantitative estimate of drug-likeness (QED) is 0.757. The van der Waals surface area contributed by atoms with Crippen LogP contribution in [0.15, 0.2) is 54.2 Å². The first-order valence-corrected chi connectivity index (χ1v) is 8.64. The lowest BCUT2D eigenvalue weighted by molar-refractivity contribution is -0.116. The Morgan fingerprint density at radius 1 is 1.24 bits per heavy atom. The summed E-state index contributed by atoms with van der Waals surface area (Å²) in [6, 6.07) is 10.8. The summed E-state index contributed by atoms with van der Waals surface area (Å²) in [4.78, 5) is 32.7. The van der Waals surface area contributed by atoms with Gasteiger partial charge in [-0.3, -0.25) is 14.6 Å². The van der Waals surface area contributed by atoms with Gasteiger partial charge in [0, 0.05) is 28.9 Å². The predicted octanol–water partition coefficient (Wildman–Crippen LogP) is 3.02. The molecule has 0 aliphatic carbocycles. The Balaban J connectivity index is 1.44. The third-order valence-electron chi connectivity index (χ3n) is 3.98. The fraction of sp³-hybridized carbons (Fsp3) is 0.111. The van der Waals surface area contributed by atoms with Gasteiger partial charge < -0.3 is 10.6 Å². The zero-order chi connectivity index (χ0) is 17.2. The van der Waals surface area contributed by atoms with Crippen LogP contribution in [0.4, 0.5) is 5.13 Å². The van der Waals surface area contributed by atoms with Gasteiger partial charge in [0.2, 0.25) is 5.91 Å². The average Bonchev–Trinajstić information content (AvgIpc) is 3.21. The minimum absolute atomic E-state index is 0.137. The van der Waals surface area contributed by atoms with Crippen molar-refractivity contribution in [2.75, 3.05) is 5.32 Å². The van der Waals surface area contributed by atoms with Crippen molar-refractivity contribution in [3.05, 3.63) is 65.3 Å². The van der Waals surface area contributed by atoms with Crippen LogP contribution in [0.3, 0.4) is 0 Å². The Bertz CT molecular complexity index is 939. The molecule has 0 saturated heterocycles. The topological polar surface area (TPSA) is 84.0 Å². The van der Waals surface area contributed by atoms with Crippen molar-refractivity contribution < 1.29 is 9.59 Å². The molecule has 4 rings (SSSR count). The second kappa shape index (κ2) is 6.45. The second-order valence-electron chi connectivity index (χ2n) is 5.65. The maximum Gasteiger partial charge on any atom is 0.252 e. The molecule has 3 aromatic rings. The van der Waals surface area contributed by atoms with E-state index in [0.29, 0.717) is 10.7 Å². The second-order valence-corrected chi connectivity index (χ2v) is 6.50. The number of amides is 2. The number of aromatic nitrogens is 2. The molecule has 1 aliphatic rings. The van der Waals surface area contributed by atoms with E-state index >= 15 is 0 Å². The zero-order valence-corrected chi connectivity index (χ0v) is 13.9. The first-order chi connectivity index (χ1) is 12.2. The molecule has 1 unspecified atom stereocenters. The molecular formula is C18H14N4O2S. The van der Waals surface area contributed by atoms with Gasteiger partial charge in [-0.1, -0.05) is 18.2 Å². The van der Waals surface area contributed by atoms with Gasteiger partial charge in [-0.15, -0.1) is 11.3 Å². The number of nitrogens with zero attached hydrogens (tertiary/aromatic N) is 2. The summed E-state index contributed by atoms with van der Waals surface area (Å²) in [5.74, 6) is -0.324. The van der Waals surface area contributed by atoms with Crippen molar-refractivity contribution in [3.8, 4) is 11.3 Å². The van der Waals surface area contributed by atoms with E-state index in [1.54, 1.807) is 18.5 Å². The number of pyridine rings is 1. The van der Waals surface area contributed by atoms with Crippen LogP contribution in [-0.4, -0.2) is 21.8 Å². The Hall–Kier alpha value is -3.06. The SMILES string of the molecule is O=C(CC1NC(=O)c2ccccc21)Nc1nc(-c2cccnc2)cs1. The van der Waals surface area contributed by atoms with Gasteiger partial charge in [0.15, 0.2) is 5.13 Å². The molecule has 2 N–H and O–H groups in total. The number of rotatable bonds is 4. The van der Waals surface area contributed by atoms with E-state index in [2.05, 4.69) is 20.6 Å². The van der Waals surface area contributed by atoms with Crippen LogP contribution < -0.4 is 10.6 Å². The Labute approximate surface area is 148 Å². The summed E-state index contributed by atoms with van der Waals surface area (Å²) >= 11 is 1.36. The summed E-state index contributed by atoms with van der Waals surface area (Å²) in [5, 5.41) is 8.05. The number of nitrogens with one attached hydrogen (secondary N) is 2. The van der Waals surface area contributed by atoms with Gasteiger partial charge in [0.05, 0.1) is 18.2 Å². The number of hydrogen-bond acceptors (Lipinski definition) is 5. The van der Waals surface area contributed by atoms with Crippen molar-refractivity contribution in [1.29, 1.82) is 0 Å². The smallest absolute Gasteiger partial charge is 0.252 e. The average molecular weight is 350 g/mol. The molecule has 1 atom stereocenters. The Kier molecular flexibility index (Phi) is 3.99. The van der Waals surface area contributed by atoms with E-state index < -0.39 is 0 Å². The van der Waals surface area contributed by atoms with Gasteiger partial charge >= 0.3 is 0 Å².